The fourth-order valence-electron chi connectivity index (χ4n) is 5.52. The Morgan fingerprint density at radius 2 is 0.887 bits per heavy atom. The molecule has 71 heavy (non-hydrogen) atoms. The normalized spacial score (nSPS) is 9.97. The highest BCUT2D eigenvalue weighted by Crippen LogP contribution is 2.19. The van der Waals surface area contributed by atoms with E-state index in [1.54, 1.807) is 59.3 Å². The Hall–Kier alpha value is -5.19. The molecular formula is C51H89N5O14S. The van der Waals surface area contributed by atoms with Gasteiger partial charge < -0.3 is 68.6 Å². The van der Waals surface area contributed by atoms with Crippen molar-refractivity contribution in [1.82, 2.24) is 5.32 Å². The van der Waals surface area contributed by atoms with Crippen LogP contribution in [0, 0.1) is 5.41 Å². The monoisotopic (exact) mass is 1030 g/mol. The summed E-state index contributed by atoms with van der Waals surface area (Å²) in [6, 6.07) is 23.6. The standard InChI is InChI=1S/C10H21NO5.C10H15NO.C9H11NO2.C8H12N2.C8H16O4.C5H10O2S.CH4/c1-13-6-10(7-14-2,8-15-3)11-5-9(12)16-4;1-11-10-5-3-9(4-6-10)7-8-12-2;1-10-8-5-3-7(4-6-8)9(11)12-2;1-9-7-3-5-8(10-2)6-4-7;1-8(5-10-2,6-11-3)7(9)12-4;1-7-5(6)3-4-8-2;/h11H,5-8H2,1-4H3;3-6,11H,7-8H2,1-2H3;3-6,10H,1-2H3;3-6,9-10H,1-2H3;5-6H2,1-4H3;3-4H2,1-2H3;1H4. The molecule has 0 aromatic heterocycles. The zero-order valence-corrected chi connectivity index (χ0v) is 45.4. The second-order valence-corrected chi connectivity index (χ2v) is 15.8. The summed E-state index contributed by atoms with van der Waals surface area (Å²) >= 11 is 1.64. The summed E-state index contributed by atoms with van der Waals surface area (Å²) in [5.41, 5.74) is 5.05. The van der Waals surface area contributed by atoms with Crippen LogP contribution in [-0.2, 0) is 68.2 Å². The molecule has 19 nitrogen and oxygen atoms in total. The van der Waals surface area contributed by atoms with Crippen LogP contribution < -0.4 is 26.6 Å². The zero-order chi connectivity index (χ0) is 53.6. The number of methoxy groups -OCH3 is 10. The molecule has 0 radical (unpaired) electrons. The van der Waals surface area contributed by atoms with Crippen molar-refractivity contribution in [2.45, 2.75) is 32.7 Å². The van der Waals surface area contributed by atoms with E-state index in [-0.39, 0.29) is 37.8 Å². The quantitative estimate of drug-likeness (QED) is 0.0444. The molecule has 3 aromatic carbocycles. The third-order valence-corrected chi connectivity index (χ3v) is 9.95. The number of ether oxygens (including phenoxy) is 10. The molecule has 0 aliphatic heterocycles. The largest absolute Gasteiger partial charge is 0.469 e. The second-order valence-electron chi connectivity index (χ2n) is 14.8. The maximum absolute atomic E-state index is 11.2. The van der Waals surface area contributed by atoms with E-state index in [4.69, 9.17) is 28.4 Å². The van der Waals surface area contributed by atoms with E-state index in [9.17, 15) is 19.2 Å². The molecule has 0 unspecified atom stereocenters. The smallest absolute Gasteiger partial charge is 0.337 e. The lowest BCUT2D eigenvalue weighted by atomic mass is 9.93. The first-order valence-corrected chi connectivity index (χ1v) is 23.4. The molecule has 0 amide bonds. The SMILES string of the molecule is C.CNc1ccc(C(=O)OC)cc1.CNc1ccc(CCOC)cc1.CNc1ccc(NC)cc1.COC(=O)CCSC.COCC(C)(COC)C(=O)OC.COCC(COC)(COC)NCC(=O)OC. The summed E-state index contributed by atoms with van der Waals surface area (Å²) in [6.45, 7) is 4.36. The van der Waals surface area contributed by atoms with Crippen LogP contribution in [0.4, 0.5) is 22.7 Å². The predicted octanol–water partition coefficient (Wildman–Crippen LogP) is 6.64. The Morgan fingerprint density at radius 1 is 0.507 bits per heavy atom. The Kier molecular flexibility index (Phi) is 48.1. The van der Waals surface area contributed by atoms with E-state index in [0.29, 0.717) is 45.0 Å². The van der Waals surface area contributed by atoms with Crippen LogP contribution in [0.25, 0.3) is 0 Å². The summed E-state index contributed by atoms with van der Waals surface area (Å²) < 4.78 is 48.2. The van der Waals surface area contributed by atoms with Gasteiger partial charge in [0.15, 0.2) is 0 Å². The Balaban J connectivity index is -0.000000382. The topological polar surface area (TPSA) is 221 Å². The highest BCUT2D eigenvalue weighted by molar-refractivity contribution is 7.98. The van der Waals surface area contributed by atoms with Crippen molar-refractivity contribution in [1.29, 1.82) is 0 Å². The summed E-state index contributed by atoms with van der Waals surface area (Å²) in [7, 11) is 22.6. The van der Waals surface area contributed by atoms with Crippen LogP contribution in [0.5, 0.6) is 0 Å². The highest BCUT2D eigenvalue weighted by atomic mass is 32.2. The summed E-state index contributed by atoms with van der Waals surface area (Å²) in [6.07, 6.45) is 3.47. The summed E-state index contributed by atoms with van der Waals surface area (Å²) in [5, 5.41) is 15.2. The number of rotatable bonds is 25. The lowest BCUT2D eigenvalue weighted by Crippen LogP contribution is -2.57. The average molecular weight is 1030 g/mol. The van der Waals surface area contributed by atoms with E-state index in [1.807, 2.05) is 70.8 Å². The molecule has 20 heteroatoms. The van der Waals surface area contributed by atoms with Crippen molar-refractivity contribution in [2.75, 3.05) is 179 Å². The molecule has 0 bridgehead atoms. The van der Waals surface area contributed by atoms with E-state index >= 15 is 0 Å². The third-order valence-electron chi connectivity index (χ3n) is 9.33. The van der Waals surface area contributed by atoms with Crippen molar-refractivity contribution in [3.8, 4) is 0 Å². The number of nitrogens with one attached hydrogen (secondary N) is 5. The minimum Gasteiger partial charge on any atom is -0.469 e. The van der Waals surface area contributed by atoms with Gasteiger partial charge in [-0.2, -0.15) is 11.8 Å². The lowest BCUT2D eigenvalue weighted by Gasteiger charge is -2.32. The van der Waals surface area contributed by atoms with Gasteiger partial charge in [-0.25, -0.2) is 4.79 Å². The molecule has 0 saturated heterocycles. The number of carbonyl (C=O) groups excluding carboxylic acids is 4. The van der Waals surface area contributed by atoms with Crippen LogP contribution in [-0.4, -0.2) is 187 Å². The van der Waals surface area contributed by atoms with Gasteiger partial charge in [0.25, 0.3) is 0 Å². The first-order chi connectivity index (χ1) is 33.5. The maximum Gasteiger partial charge on any atom is 0.337 e. The number of esters is 4. The van der Waals surface area contributed by atoms with Gasteiger partial charge >= 0.3 is 23.9 Å². The fourth-order valence-corrected chi connectivity index (χ4v) is 5.89. The van der Waals surface area contributed by atoms with Crippen LogP contribution in [0.2, 0.25) is 0 Å². The van der Waals surface area contributed by atoms with Gasteiger partial charge in [-0.05, 0) is 85.8 Å². The number of benzene rings is 3. The molecule has 0 heterocycles. The molecule has 0 spiro atoms. The first-order valence-electron chi connectivity index (χ1n) is 22.0. The third kappa shape index (κ3) is 35.5. The van der Waals surface area contributed by atoms with Gasteiger partial charge in [0.1, 0.15) is 5.41 Å². The summed E-state index contributed by atoms with van der Waals surface area (Å²) in [5.74, 6) is -0.233. The molecular weight excluding hydrogens is 939 g/mol. The Labute approximate surface area is 429 Å². The van der Waals surface area contributed by atoms with Gasteiger partial charge in [0, 0.05) is 99.4 Å². The van der Waals surface area contributed by atoms with E-state index in [1.165, 1.54) is 48.2 Å². The van der Waals surface area contributed by atoms with Gasteiger partial charge in [-0.15, -0.1) is 0 Å². The molecule has 408 valence electrons. The van der Waals surface area contributed by atoms with Crippen molar-refractivity contribution in [3.05, 3.63) is 83.9 Å². The molecule has 0 aliphatic carbocycles. The molecule has 0 saturated carbocycles. The van der Waals surface area contributed by atoms with Crippen molar-refractivity contribution >= 4 is 58.4 Å². The Morgan fingerprint density at radius 3 is 1.20 bits per heavy atom. The minimum atomic E-state index is -0.696. The molecule has 0 atom stereocenters. The van der Waals surface area contributed by atoms with E-state index in [0.717, 1.165) is 41.5 Å². The zero-order valence-electron chi connectivity index (χ0n) is 44.6. The molecule has 0 aliphatic rings. The van der Waals surface area contributed by atoms with E-state index < -0.39 is 11.0 Å². The number of hydrogen-bond donors (Lipinski definition) is 5. The number of anilines is 4. The van der Waals surface area contributed by atoms with Crippen LogP contribution in [0.1, 0.15) is 36.7 Å². The number of carbonyl (C=O) groups is 4. The Bertz CT molecular complexity index is 1700. The lowest BCUT2D eigenvalue weighted by molar-refractivity contribution is -0.158. The van der Waals surface area contributed by atoms with Crippen LogP contribution in [0.3, 0.4) is 0 Å². The molecule has 5 N–H and O–H groups in total. The van der Waals surface area contributed by atoms with Crippen molar-refractivity contribution in [2.24, 2.45) is 5.41 Å². The molecule has 0 fully saturated rings. The van der Waals surface area contributed by atoms with Crippen molar-refractivity contribution in [3.63, 3.8) is 0 Å². The van der Waals surface area contributed by atoms with Gasteiger partial charge in [-0.3, -0.25) is 19.7 Å². The fraction of sp³-hybridized carbons (Fsp3) is 0.569. The van der Waals surface area contributed by atoms with Gasteiger partial charge in [0.2, 0.25) is 0 Å². The molecule has 3 rings (SSSR count). The number of hydrogen-bond acceptors (Lipinski definition) is 20. The summed E-state index contributed by atoms with van der Waals surface area (Å²) in [4.78, 5) is 43.6. The predicted molar refractivity (Wildman–Crippen MR) is 288 cm³/mol. The number of thioether (sulfide) groups is 1. The minimum absolute atomic E-state index is 0. The molecule has 3 aromatic rings. The highest BCUT2D eigenvalue weighted by Gasteiger charge is 2.34. The average Bonchev–Trinajstić information content (AvgIpc) is 3.39. The van der Waals surface area contributed by atoms with Gasteiger partial charge in [0.05, 0.1) is 92.1 Å². The first kappa shape index (κ1) is 72.4. The maximum atomic E-state index is 11.2. The second kappa shape index (κ2) is 47.2. The van der Waals surface area contributed by atoms with Gasteiger partial charge in [-0.1, -0.05) is 19.6 Å². The van der Waals surface area contributed by atoms with Crippen LogP contribution in [0.15, 0.2) is 72.8 Å². The van der Waals surface area contributed by atoms with Crippen LogP contribution >= 0.6 is 11.8 Å². The van der Waals surface area contributed by atoms with Crippen molar-refractivity contribution < 1.29 is 66.5 Å². The van der Waals surface area contributed by atoms with E-state index in [2.05, 4.69) is 69.8 Å².